The largest absolute Gasteiger partial charge is 0.495 e. The van der Waals surface area contributed by atoms with E-state index >= 15 is 0 Å². The van der Waals surface area contributed by atoms with Crippen LogP contribution in [-0.4, -0.2) is 61.6 Å². The van der Waals surface area contributed by atoms with Gasteiger partial charge in [-0.15, -0.1) is 6.58 Å². The number of nitrogens with one attached hydrogen (secondary N) is 3. The van der Waals surface area contributed by atoms with Crippen LogP contribution < -0.4 is 30.5 Å². The lowest BCUT2D eigenvalue weighted by molar-refractivity contribution is -0.124. The summed E-state index contributed by atoms with van der Waals surface area (Å²) in [5.41, 5.74) is 1.76. The van der Waals surface area contributed by atoms with Crippen molar-refractivity contribution in [3.8, 4) is 5.75 Å². The van der Waals surface area contributed by atoms with Crippen molar-refractivity contribution < 1.29 is 14.3 Å². The molecule has 5 rings (SSSR count). The van der Waals surface area contributed by atoms with E-state index < -0.39 is 5.41 Å². The summed E-state index contributed by atoms with van der Waals surface area (Å²) in [4.78, 5) is 39.2. The maximum absolute atomic E-state index is 13.4. The number of para-hydroxylation sites is 1. The van der Waals surface area contributed by atoms with Gasteiger partial charge in [-0.2, -0.15) is 4.98 Å². The molecule has 2 aliphatic heterocycles. The number of piperidine rings is 1. The SMILES string of the molecule is C=C[C@@]1(C)CN(c2ccccc2)c2nc(Nc3ccc(C(=O)N[C@@H]4CCCNC4)cc3OC)ncc2N(C)C1=O. The lowest BCUT2D eigenvalue weighted by atomic mass is 9.88. The molecule has 0 saturated carbocycles. The smallest absolute Gasteiger partial charge is 0.251 e. The summed E-state index contributed by atoms with van der Waals surface area (Å²) >= 11 is 0. The first-order valence-corrected chi connectivity index (χ1v) is 13.4. The van der Waals surface area contributed by atoms with Gasteiger partial charge in [0.1, 0.15) is 11.4 Å². The topological polar surface area (TPSA) is 112 Å². The van der Waals surface area contributed by atoms with Crippen LogP contribution in [0.1, 0.15) is 30.1 Å². The van der Waals surface area contributed by atoms with Crippen molar-refractivity contribution in [2.75, 3.05) is 48.9 Å². The van der Waals surface area contributed by atoms with Gasteiger partial charge in [-0.3, -0.25) is 9.59 Å². The molecule has 0 aliphatic carbocycles. The summed E-state index contributed by atoms with van der Waals surface area (Å²) in [6.07, 6.45) is 5.32. The van der Waals surface area contributed by atoms with Gasteiger partial charge in [0.25, 0.3) is 5.91 Å². The number of methoxy groups -OCH3 is 1. The van der Waals surface area contributed by atoms with E-state index in [1.807, 2.05) is 42.2 Å². The minimum absolute atomic E-state index is 0.0916. The van der Waals surface area contributed by atoms with Crippen LogP contribution in [0.5, 0.6) is 5.75 Å². The van der Waals surface area contributed by atoms with Crippen LogP contribution >= 0.6 is 0 Å². The highest BCUT2D eigenvalue weighted by Gasteiger charge is 2.41. The summed E-state index contributed by atoms with van der Waals surface area (Å²) < 4.78 is 5.61. The first-order valence-electron chi connectivity index (χ1n) is 13.4. The van der Waals surface area contributed by atoms with Crippen LogP contribution in [-0.2, 0) is 4.79 Å². The maximum Gasteiger partial charge on any atom is 0.251 e. The Labute approximate surface area is 234 Å². The standard InChI is InChI=1S/C30H35N7O3/c1-5-30(2)19-37(22-11-7-6-8-12-22)26-24(36(3)28(30)39)18-32-29(35-26)34-23-14-13-20(16-25(23)40-4)27(38)33-21-10-9-15-31-17-21/h5-8,11-14,16,18,21,31H,1,9-10,15,17,19H2,2-4H3,(H,33,38)(H,32,34,35)/t21-,30+/m1/s1. The summed E-state index contributed by atoms with van der Waals surface area (Å²) in [6, 6.07) is 15.1. The molecule has 0 bridgehead atoms. The number of carbonyl (C=O) groups excluding carboxylic acids is 2. The van der Waals surface area contributed by atoms with Gasteiger partial charge in [0, 0.05) is 37.4 Å². The number of anilines is 5. The fraction of sp³-hybridized carbons (Fsp3) is 0.333. The minimum Gasteiger partial charge on any atom is -0.495 e. The summed E-state index contributed by atoms with van der Waals surface area (Å²) in [5.74, 6) is 1.16. The molecule has 3 heterocycles. The zero-order chi connectivity index (χ0) is 28.3. The van der Waals surface area contributed by atoms with Crippen molar-refractivity contribution in [1.29, 1.82) is 0 Å². The number of nitrogens with zero attached hydrogens (tertiary/aromatic N) is 4. The van der Waals surface area contributed by atoms with Crippen molar-refractivity contribution in [2.24, 2.45) is 5.41 Å². The molecule has 1 aromatic heterocycles. The van der Waals surface area contributed by atoms with E-state index in [1.54, 1.807) is 49.5 Å². The normalized spacial score (nSPS) is 20.8. The van der Waals surface area contributed by atoms with E-state index in [0.29, 0.717) is 41.0 Å². The number of fused-ring (bicyclic) bond motifs is 1. The highest BCUT2D eigenvalue weighted by Crippen LogP contribution is 2.41. The molecule has 40 heavy (non-hydrogen) atoms. The molecule has 3 aromatic rings. The Kier molecular flexibility index (Phi) is 7.70. The van der Waals surface area contributed by atoms with E-state index in [-0.39, 0.29) is 17.9 Å². The van der Waals surface area contributed by atoms with Gasteiger partial charge in [-0.05, 0) is 56.6 Å². The van der Waals surface area contributed by atoms with Crippen molar-refractivity contribution in [3.63, 3.8) is 0 Å². The lowest BCUT2D eigenvalue weighted by Gasteiger charge is -2.30. The molecule has 0 spiro atoms. The van der Waals surface area contributed by atoms with E-state index in [0.717, 1.165) is 31.6 Å². The predicted octanol–water partition coefficient (Wildman–Crippen LogP) is 4.02. The third kappa shape index (κ3) is 5.35. The summed E-state index contributed by atoms with van der Waals surface area (Å²) in [5, 5.41) is 9.63. The first kappa shape index (κ1) is 27.1. The van der Waals surface area contributed by atoms with Gasteiger partial charge < -0.3 is 30.5 Å². The number of rotatable bonds is 7. The van der Waals surface area contributed by atoms with Gasteiger partial charge in [0.15, 0.2) is 5.82 Å². The molecule has 2 aliphatic rings. The molecule has 10 nitrogen and oxygen atoms in total. The molecule has 208 valence electrons. The van der Waals surface area contributed by atoms with Crippen LogP contribution in [0, 0.1) is 5.41 Å². The van der Waals surface area contributed by atoms with Gasteiger partial charge in [0.2, 0.25) is 11.9 Å². The zero-order valence-corrected chi connectivity index (χ0v) is 23.1. The quantitative estimate of drug-likeness (QED) is 0.385. The molecular weight excluding hydrogens is 506 g/mol. The molecule has 1 fully saturated rings. The second kappa shape index (κ2) is 11.4. The number of ether oxygens (including phenoxy) is 1. The maximum atomic E-state index is 13.4. The number of aromatic nitrogens is 2. The number of hydrogen-bond acceptors (Lipinski definition) is 8. The molecule has 10 heteroatoms. The fourth-order valence-corrected chi connectivity index (χ4v) is 5.10. The fourth-order valence-electron chi connectivity index (χ4n) is 5.10. The Morgan fingerprint density at radius 2 is 2.05 bits per heavy atom. The number of hydrogen-bond donors (Lipinski definition) is 3. The number of carbonyl (C=O) groups is 2. The van der Waals surface area contributed by atoms with E-state index in [1.165, 1.54) is 0 Å². The van der Waals surface area contributed by atoms with E-state index in [9.17, 15) is 9.59 Å². The first-order chi connectivity index (χ1) is 19.3. The van der Waals surface area contributed by atoms with Crippen molar-refractivity contribution in [1.82, 2.24) is 20.6 Å². The van der Waals surface area contributed by atoms with Gasteiger partial charge in [-0.1, -0.05) is 24.3 Å². The molecule has 0 radical (unpaired) electrons. The second-order valence-corrected chi connectivity index (χ2v) is 10.4. The molecule has 1 saturated heterocycles. The van der Waals surface area contributed by atoms with Crippen molar-refractivity contribution in [3.05, 3.63) is 72.9 Å². The Morgan fingerprint density at radius 3 is 2.75 bits per heavy atom. The van der Waals surface area contributed by atoms with Crippen LogP contribution in [0.25, 0.3) is 0 Å². The molecule has 2 aromatic carbocycles. The van der Waals surface area contributed by atoms with Crippen molar-refractivity contribution >= 4 is 40.6 Å². The zero-order valence-electron chi connectivity index (χ0n) is 23.1. The number of amides is 2. The highest BCUT2D eigenvalue weighted by molar-refractivity contribution is 6.03. The molecule has 0 unspecified atom stereocenters. The third-order valence-electron chi connectivity index (χ3n) is 7.51. The molecule has 2 amide bonds. The summed E-state index contributed by atoms with van der Waals surface area (Å²) in [6.45, 7) is 7.93. The Bertz CT molecular complexity index is 1410. The monoisotopic (exact) mass is 541 g/mol. The highest BCUT2D eigenvalue weighted by atomic mass is 16.5. The van der Waals surface area contributed by atoms with Gasteiger partial charge in [0.05, 0.1) is 24.4 Å². The van der Waals surface area contributed by atoms with E-state index in [4.69, 9.17) is 9.72 Å². The van der Waals surface area contributed by atoms with Gasteiger partial charge >= 0.3 is 0 Å². The molecule has 3 N–H and O–H groups in total. The Hall–Kier alpha value is -4.44. The van der Waals surface area contributed by atoms with E-state index in [2.05, 4.69) is 27.5 Å². The average molecular weight is 542 g/mol. The van der Waals surface area contributed by atoms with Crippen molar-refractivity contribution in [2.45, 2.75) is 25.8 Å². The number of benzene rings is 2. The lowest BCUT2D eigenvalue weighted by Crippen LogP contribution is -2.45. The average Bonchev–Trinajstić information content (AvgIpc) is 3.07. The van der Waals surface area contributed by atoms with Crippen LogP contribution in [0.4, 0.5) is 28.8 Å². The van der Waals surface area contributed by atoms with Gasteiger partial charge in [-0.25, -0.2) is 4.98 Å². The Morgan fingerprint density at radius 1 is 1.25 bits per heavy atom. The summed E-state index contributed by atoms with van der Waals surface area (Å²) in [7, 11) is 3.28. The molecular formula is C30H35N7O3. The molecule has 2 atom stereocenters. The van der Waals surface area contributed by atoms with Crippen LogP contribution in [0.15, 0.2) is 67.4 Å². The van der Waals surface area contributed by atoms with Crippen LogP contribution in [0.2, 0.25) is 0 Å². The van der Waals surface area contributed by atoms with Crippen LogP contribution in [0.3, 0.4) is 0 Å². The minimum atomic E-state index is -0.841. The second-order valence-electron chi connectivity index (χ2n) is 10.4. The third-order valence-corrected chi connectivity index (χ3v) is 7.51. The predicted molar refractivity (Wildman–Crippen MR) is 157 cm³/mol. The Balaban J connectivity index is 1.46.